The van der Waals surface area contributed by atoms with E-state index in [9.17, 15) is 0 Å². The Kier molecular flexibility index (Phi) is 5.85. The van der Waals surface area contributed by atoms with Gasteiger partial charge in [0.15, 0.2) is 0 Å². The normalized spacial score (nSPS) is 23.6. The van der Waals surface area contributed by atoms with Crippen molar-refractivity contribution in [1.29, 1.82) is 0 Å². The van der Waals surface area contributed by atoms with Gasteiger partial charge in [-0.3, -0.25) is 14.8 Å². The van der Waals surface area contributed by atoms with Crippen LogP contribution in [-0.4, -0.2) is 54.1 Å². The number of piperidine rings is 1. The minimum absolute atomic E-state index is 0.668. The second-order valence-electron chi connectivity index (χ2n) is 7.78. The molecule has 3 aliphatic heterocycles. The molecule has 3 saturated heterocycles. The number of nitrogens with zero attached hydrogens (tertiary/aromatic N) is 3. The molecule has 3 fully saturated rings. The number of hydrogen-bond donors (Lipinski definition) is 0. The third-order valence-electron chi connectivity index (χ3n) is 5.80. The highest BCUT2D eigenvalue weighted by atomic mass is 16.5. The topological polar surface area (TPSA) is 28.6 Å². The molecular weight excluding hydrogens is 334 g/mol. The van der Waals surface area contributed by atoms with Crippen molar-refractivity contribution in [2.75, 3.05) is 33.3 Å². The van der Waals surface area contributed by atoms with E-state index in [1.165, 1.54) is 43.6 Å². The molecule has 0 saturated carbocycles. The fraction of sp³-hybridized carbons (Fsp3) is 0.435. The molecule has 3 aliphatic rings. The molecule has 1 aromatic heterocycles. The number of rotatable bonds is 6. The molecule has 4 heterocycles. The maximum atomic E-state index is 5.23. The van der Waals surface area contributed by atoms with Crippen LogP contribution in [-0.2, 0) is 6.54 Å². The quantitative estimate of drug-likeness (QED) is 0.782. The van der Waals surface area contributed by atoms with Crippen LogP contribution >= 0.6 is 0 Å². The number of fused-ring (bicyclic) bond motifs is 4. The summed E-state index contributed by atoms with van der Waals surface area (Å²) in [6, 6.07) is 13.2. The highest BCUT2D eigenvalue weighted by Crippen LogP contribution is 2.28. The van der Waals surface area contributed by atoms with Crippen LogP contribution in [0.2, 0.25) is 0 Å². The van der Waals surface area contributed by atoms with Gasteiger partial charge in [0.25, 0.3) is 0 Å². The second kappa shape index (κ2) is 8.68. The zero-order chi connectivity index (χ0) is 18.5. The molecule has 5 rings (SSSR count). The Bertz CT molecular complexity index is 744. The van der Waals surface area contributed by atoms with Crippen molar-refractivity contribution in [3.8, 4) is 5.75 Å². The second-order valence-corrected chi connectivity index (χ2v) is 7.78. The molecule has 0 amide bonds. The predicted molar refractivity (Wildman–Crippen MR) is 110 cm³/mol. The Morgan fingerprint density at radius 1 is 1.11 bits per heavy atom. The lowest BCUT2D eigenvalue weighted by Gasteiger charge is -2.35. The Hall–Kier alpha value is -2.17. The van der Waals surface area contributed by atoms with Crippen LogP contribution in [0.4, 0.5) is 0 Å². The maximum Gasteiger partial charge on any atom is 0.118 e. The molecule has 2 unspecified atom stereocenters. The summed E-state index contributed by atoms with van der Waals surface area (Å²) < 4.78 is 5.23. The van der Waals surface area contributed by atoms with Crippen molar-refractivity contribution >= 4 is 6.08 Å². The molecule has 142 valence electrons. The van der Waals surface area contributed by atoms with Crippen LogP contribution in [0.3, 0.4) is 0 Å². The average molecular weight is 364 g/mol. The fourth-order valence-corrected chi connectivity index (χ4v) is 4.42. The van der Waals surface area contributed by atoms with Crippen LogP contribution in [0.15, 0.2) is 54.9 Å². The lowest BCUT2D eigenvalue weighted by atomic mass is 9.95. The molecule has 4 heteroatoms. The van der Waals surface area contributed by atoms with Gasteiger partial charge >= 0.3 is 0 Å². The Balaban J connectivity index is 1.35. The predicted octanol–water partition coefficient (Wildman–Crippen LogP) is 3.70. The maximum absolute atomic E-state index is 5.23. The van der Waals surface area contributed by atoms with Crippen LogP contribution < -0.4 is 4.74 Å². The van der Waals surface area contributed by atoms with Crippen molar-refractivity contribution in [1.82, 2.24) is 14.8 Å². The first-order valence-corrected chi connectivity index (χ1v) is 9.96. The molecule has 27 heavy (non-hydrogen) atoms. The summed E-state index contributed by atoms with van der Waals surface area (Å²) in [5.74, 6) is 1.69. The van der Waals surface area contributed by atoms with Crippen LogP contribution in [0, 0.1) is 5.92 Å². The number of hydrogen-bond acceptors (Lipinski definition) is 4. The van der Waals surface area contributed by atoms with Gasteiger partial charge in [0.2, 0.25) is 0 Å². The van der Waals surface area contributed by atoms with Gasteiger partial charge in [-0.1, -0.05) is 30.4 Å². The van der Waals surface area contributed by atoms with E-state index in [1.807, 2.05) is 30.6 Å². The first-order chi connectivity index (χ1) is 13.3. The van der Waals surface area contributed by atoms with E-state index >= 15 is 0 Å². The van der Waals surface area contributed by atoms with Gasteiger partial charge in [0.05, 0.1) is 7.11 Å². The van der Waals surface area contributed by atoms with Gasteiger partial charge < -0.3 is 4.74 Å². The molecular formula is C23H29N3O. The van der Waals surface area contributed by atoms with Gasteiger partial charge in [-0.25, -0.2) is 0 Å². The highest BCUT2D eigenvalue weighted by Gasteiger charge is 2.34. The first-order valence-electron chi connectivity index (χ1n) is 9.96. The first kappa shape index (κ1) is 18.2. The SMILES string of the molecule is COc1ccc(C=CCN2CC3CCC2CN(Cc2cccnc2)C3)cc1. The Morgan fingerprint density at radius 3 is 2.78 bits per heavy atom. The zero-order valence-corrected chi connectivity index (χ0v) is 16.1. The van der Waals surface area contributed by atoms with Crippen molar-refractivity contribution in [3.63, 3.8) is 0 Å². The van der Waals surface area contributed by atoms with E-state index in [2.05, 4.69) is 45.1 Å². The Morgan fingerprint density at radius 2 is 2.00 bits per heavy atom. The fourth-order valence-electron chi connectivity index (χ4n) is 4.42. The van der Waals surface area contributed by atoms with Crippen molar-refractivity contribution in [3.05, 3.63) is 66.0 Å². The molecule has 2 bridgehead atoms. The van der Waals surface area contributed by atoms with Gasteiger partial charge in [-0.05, 0) is 48.1 Å². The molecule has 4 nitrogen and oxygen atoms in total. The van der Waals surface area contributed by atoms with E-state index in [0.717, 1.165) is 24.8 Å². The third kappa shape index (κ3) is 4.76. The van der Waals surface area contributed by atoms with Crippen LogP contribution in [0.5, 0.6) is 5.75 Å². The smallest absolute Gasteiger partial charge is 0.118 e. The van der Waals surface area contributed by atoms with Crippen molar-refractivity contribution < 1.29 is 4.74 Å². The van der Waals surface area contributed by atoms with E-state index < -0.39 is 0 Å². The van der Waals surface area contributed by atoms with E-state index in [1.54, 1.807) is 7.11 Å². The highest BCUT2D eigenvalue weighted by molar-refractivity contribution is 5.50. The summed E-state index contributed by atoms with van der Waals surface area (Å²) in [5.41, 5.74) is 2.55. The van der Waals surface area contributed by atoms with Crippen LogP contribution in [0.1, 0.15) is 24.0 Å². The molecule has 1 aromatic carbocycles. The standard InChI is InChI=1S/C23H29N3O/c1-27-23-10-7-19(8-11-23)5-3-13-26-17-21-6-9-22(26)18-25(16-21)15-20-4-2-12-24-14-20/h2-5,7-8,10-12,14,21-22H,6,9,13,15-18H2,1H3. The largest absolute Gasteiger partial charge is 0.497 e. The average Bonchev–Trinajstić information content (AvgIpc) is 3.00. The number of benzene rings is 1. The van der Waals surface area contributed by atoms with Gasteiger partial charge in [-0.15, -0.1) is 0 Å². The van der Waals surface area contributed by atoms with E-state index in [4.69, 9.17) is 4.74 Å². The number of ether oxygens (including phenoxy) is 1. The molecule has 0 spiro atoms. The van der Waals surface area contributed by atoms with Crippen molar-refractivity contribution in [2.45, 2.75) is 25.4 Å². The summed E-state index contributed by atoms with van der Waals surface area (Å²) in [4.78, 5) is 9.58. The summed E-state index contributed by atoms with van der Waals surface area (Å²) in [6.07, 6.45) is 11.1. The summed E-state index contributed by atoms with van der Waals surface area (Å²) in [5, 5.41) is 0. The minimum atomic E-state index is 0.668. The third-order valence-corrected chi connectivity index (χ3v) is 5.80. The molecule has 2 atom stereocenters. The van der Waals surface area contributed by atoms with Gasteiger partial charge in [0.1, 0.15) is 5.75 Å². The monoisotopic (exact) mass is 363 g/mol. The summed E-state index contributed by atoms with van der Waals surface area (Å²) in [7, 11) is 1.71. The minimum Gasteiger partial charge on any atom is -0.497 e. The lowest BCUT2D eigenvalue weighted by Crippen LogP contribution is -2.43. The zero-order valence-electron chi connectivity index (χ0n) is 16.1. The van der Waals surface area contributed by atoms with E-state index in [0.29, 0.717) is 6.04 Å². The molecule has 0 N–H and O–H groups in total. The molecule has 0 aliphatic carbocycles. The van der Waals surface area contributed by atoms with E-state index in [-0.39, 0.29) is 0 Å². The van der Waals surface area contributed by atoms with Crippen molar-refractivity contribution in [2.24, 2.45) is 5.92 Å². The van der Waals surface area contributed by atoms with Gasteiger partial charge in [0, 0.05) is 51.2 Å². The van der Waals surface area contributed by atoms with Gasteiger partial charge in [-0.2, -0.15) is 0 Å². The Labute approximate surface area is 162 Å². The summed E-state index contributed by atoms with van der Waals surface area (Å²) >= 11 is 0. The number of aromatic nitrogens is 1. The number of methoxy groups -OCH3 is 1. The van der Waals surface area contributed by atoms with Crippen LogP contribution in [0.25, 0.3) is 6.08 Å². The molecule has 0 radical (unpaired) electrons. The number of pyridine rings is 1. The summed E-state index contributed by atoms with van der Waals surface area (Å²) in [6.45, 7) is 5.66. The molecule has 2 aromatic rings. The lowest BCUT2D eigenvalue weighted by molar-refractivity contribution is 0.146.